The molecule has 32 heavy (non-hydrogen) atoms. The van der Waals surface area contributed by atoms with E-state index < -0.39 is 42.1 Å². The Morgan fingerprint density at radius 2 is 1.12 bits per heavy atom. The highest BCUT2D eigenvalue weighted by molar-refractivity contribution is 5.34. The van der Waals surface area contributed by atoms with Gasteiger partial charge in [0.15, 0.2) is 0 Å². The lowest BCUT2D eigenvalue weighted by Crippen LogP contribution is -2.25. The van der Waals surface area contributed by atoms with Gasteiger partial charge in [-0.15, -0.1) is 0 Å². The number of ether oxygens (including phenoxy) is 1. The van der Waals surface area contributed by atoms with Crippen LogP contribution in [0, 0.1) is 0 Å². The molecule has 0 bridgehead atoms. The van der Waals surface area contributed by atoms with Crippen LogP contribution in [0.5, 0.6) is 0 Å². The SMILES string of the molecule is OC(COCc1cc(C(F)(F)F)cc(C(F)(F)F)c1)C(c1ccccc1)c1ccccc1. The minimum atomic E-state index is -4.93. The van der Waals surface area contributed by atoms with E-state index in [-0.39, 0.29) is 18.2 Å². The minimum Gasteiger partial charge on any atom is -0.390 e. The molecule has 170 valence electrons. The number of rotatable bonds is 7. The molecular formula is C24H20F6O2. The highest BCUT2D eigenvalue weighted by atomic mass is 19.4. The Morgan fingerprint density at radius 3 is 1.53 bits per heavy atom. The van der Waals surface area contributed by atoms with Crippen molar-refractivity contribution in [2.75, 3.05) is 6.61 Å². The van der Waals surface area contributed by atoms with E-state index in [0.29, 0.717) is 12.1 Å². The molecule has 0 aliphatic rings. The predicted molar refractivity (Wildman–Crippen MR) is 107 cm³/mol. The van der Waals surface area contributed by atoms with Crippen LogP contribution in [0.15, 0.2) is 78.9 Å². The maximum atomic E-state index is 13.0. The fraction of sp³-hybridized carbons (Fsp3) is 0.250. The van der Waals surface area contributed by atoms with Gasteiger partial charge in [-0.25, -0.2) is 0 Å². The van der Waals surface area contributed by atoms with Crippen LogP contribution in [-0.2, 0) is 23.7 Å². The third-order valence-electron chi connectivity index (χ3n) is 4.91. The molecule has 1 N–H and O–H groups in total. The number of hydrogen-bond donors (Lipinski definition) is 1. The zero-order valence-electron chi connectivity index (χ0n) is 16.7. The third kappa shape index (κ3) is 6.11. The molecule has 0 saturated carbocycles. The predicted octanol–water partition coefficient (Wildman–Crippen LogP) is 6.43. The Bertz CT molecular complexity index is 929. The zero-order chi connectivity index (χ0) is 23.4. The molecular weight excluding hydrogens is 434 g/mol. The standard InChI is InChI=1S/C24H20F6O2/c25-23(26,27)19-11-16(12-20(13-19)24(28,29)30)14-32-15-21(31)22(17-7-3-1-4-8-17)18-9-5-2-6-10-18/h1-13,21-22,31H,14-15H2. The summed E-state index contributed by atoms with van der Waals surface area (Å²) in [5, 5.41) is 10.8. The van der Waals surface area contributed by atoms with Gasteiger partial charge >= 0.3 is 12.4 Å². The third-order valence-corrected chi connectivity index (χ3v) is 4.91. The average molecular weight is 454 g/mol. The van der Waals surface area contributed by atoms with E-state index in [1.807, 2.05) is 36.4 Å². The van der Waals surface area contributed by atoms with Gasteiger partial charge in [0.2, 0.25) is 0 Å². The second-order valence-corrected chi connectivity index (χ2v) is 7.30. The summed E-state index contributed by atoms with van der Waals surface area (Å²) < 4.78 is 83.5. The number of hydrogen-bond acceptors (Lipinski definition) is 2. The fourth-order valence-corrected chi connectivity index (χ4v) is 3.45. The molecule has 0 heterocycles. The first-order valence-electron chi connectivity index (χ1n) is 9.70. The van der Waals surface area contributed by atoms with Crippen molar-refractivity contribution in [1.29, 1.82) is 0 Å². The van der Waals surface area contributed by atoms with Crippen molar-refractivity contribution in [2.24, 2.45) is 0 Å². The van der Waals surface area contributed by atoms with E-state index in [1.165, 1.54) is 0 Å². The normalized spacial score (nSPS) is 13.4. The van der Waals surface area contributed by atoms with Gasteiger partial charge in [0, 0.05) is 5.92 Å². The lowest BCUT2D eigenvalue weighted by atomic mass is 9.87. The summed E-state index contributed by atoms with van der Waals surface area (Å²) in [6.45, 7) is -0.799. The molecule has 0 fully saturated rings. The molecule has 3 aromatic carbocycles. The van der Waals surface area contributed by atoms with Crippen LogP contribution in [0.1, 0.15) is 33.7 Å². The Labute approximate surface area is 181 Å². The fourth-order valence-electron chi connectivity index (χ4n) is 3.45. The van der Waals surface area contributed by atoms with Crippen LogP contribution >= 0.6 is 0 Å². The molecule has 1 unspecified atom stereocenters. The molecule has 1 atom stereocenters. The summed E-state index contributed by atoms with van der Waals surface area (Å²) >= 11 is 0. The van der Waals surface area contributed by atoms with Gasteiger partial charge in [-0.05, 0) is 34.9 Å². The lowest BCUT2D eigenvalue weighted by molar-refractivity contribution is -0.143. The van der Waals surface area contributed by atoms with E-state index in [9.17, 15) is 31.4 Å². The van der Waals surface area contributed by atoms with Crippen molar-refractivity contribution in [2.45, 2.75) is 31.0 Å². The molecule has 0 aliphatic heterocycles. The molecule has 0 saturated heterocycles. The van der Waals surface area contributed by atoms with Gasteiger partial charge < -0.3 is 9.84 Å². The zero-order valence-corrected chi connectivity index (χ0v) is 16.7. The quantitative estimate of drug-likeness (QED) is 0.417. The first-order chi connectivity index (χ1) is 15.1. The number of aliphatic hydroxyl groups excluding tert-OH is 1. The summed E-state index contributed by atoms with van der Waals surface area (Å²) in [7, 11) is 0. The topological polar surface area (TPSA) is 29.5 Å². The van der Waals surface area contributed by atoms with E-state index in [0.717, 1.165) is 11.1 Å². The van der Waals surface area contributed by atoms with E-state index in [4.69, 9.17) is 4.74 Å². The van der Waals surface area contributed by atoms with Gasteiger partial charge in [0.1, 0.15) is 0 Å². The summed E-state index contributed by atoms with van der Waals surface area (Å²) in [5.74, 6) is -0.482. The van der Waals surface area contributed by atoms with Crippen LogP contribution in [0.2, 0.25) is 0 Å². The van der Waals surface area contributed by atoms with Crippen molar-refractivity contribution in [3.8, 4) is 0 Å². The minimum absolute atomic E-state index is 0.0686. The van der Waals surface area contributed by atoms with Crippen molar-refractivity contribution < 1.29 is 36.2 Å². The molecule has 0 spiro atoms. The van der Waals surface area contributed by atoms with Crippen molar-refractivity contribution in [1.82, 2.24) is 0 Å². The van der Waals surface area contributed by atoms with E-state index in [2.05, 4.69) is 0 Å². The maximum absolute atomic E-state index is 13.0. The van der Waals surface area contributed by atoms with Crippen LogP contribution in [-0.4, -0.2) is 17.8 Å². The second-order valence-electron chi connectivity index (χ2n) is 7.30. The molecule has 2 nitrogen and oxygen atoms in total. The number of alkyl halides is 6. The molecule has 0 amide bonds. The molecule has 0 radical (unpaired) electrons. The summed E-state index contributed by atoms with van der Waals surface area (Å²) in [4.78, 5) is 0. The molecule has 3 aromatic rings. The van der Waals surface area contributed by atoms with Gasteiger partial charge in [-0.3, -0.25) is 0 Å². The smallest absolute Gasteiger partial charge is 0.390 e. The first-order valence-corrected chi connectivity index (χ1v) is 9.70. The van der Waals surface area contributed by atoms with Crippen LogP contribution in [0.25, 0.3) is 0 Å². The van der Waals surface area contributed by atoms with Crippen LogP contribution in [0.3, 0.4) is 0 Å². The summed E-state index contributed by atoms with van der Waals surface area (Å²) in [6, 6.07) is 19.5. The van der Waals surface area contributed by atoms with E-state index in [1.54, 1.807) is 24.3 Å². The van der Waals surface area contributed by atoms with Gasteiger partial charge in [0.05, 0.1) is 30.4 Å². The van der Waals surface area contributed by atoms with Gasteiger partial charge in [-0.2, -0.15) is 26.3 Å². The summed E-state index contributed by atoms with van der Waals surface area (Å²) in [5.41, 5.74) is -1.49. The Hall–Kier alpha value is -2.84. The second kappa shape index (κ2) is 9.75. The van der Waals surface area contributed by atoms with E-state index >= 15 is 0 Å². The lowest BCUT2D eigenvalue weighted by Gasteiger charge is -2.24. The highest BCUT2D eigenvalue weighted by Crippen LogP contribution is 2.36. The Kier molecular flexibility index (Phi) is 7.26. The van der Waals surface area contributed by atoms with Crippen molar-refractivity contribution in [3.05, 3.63) is 107 Å². The molecule has 3 rings (SSSR count). The number of benzene rings is 3. The largest absolute Gasteiger partial charge is 0.416 e. The van der Waals surface area contributed by atoms with Gasteiger partial charge in [-0.1, -0.05) is 60.7 Å². The van der Waals surface area contributed by atoms with Crippen molar-refractivity contribution in [3.63, 3.8) is 0 Å². The monoisotopic (exact) mass is 454 g/mol. The number of halogens is 6. The average Bonchev–Trinajstić information content (AvgIpc) is 2.74. The molecule has 8 heteroatoms. The molecule has 0 aliphatic carbocycles. The van der Waals surface area contributed by atoms with Gasteiger partial charge in [0.25, 0.3) is 0 Å². The Balaban J connectivity index is 1.77. The number of aliphatic hydroxyl groups is 1. The van der Waals surface area contributed by atoms with Crippen LogP contribution in [0.4, 0.5) is 26.3 Å². The maximum Gasteiger partial charge on any atom is 0.416 e. The Morgan fingerprint density at radius 1 is 0.688 bits per heavy atom. The highest BCUT2D eigenvalue weighted by Gasteiger charge is 2.37. The van der Waals surface area contributed by atoms with Crippen LogP contribution < -0.4 is 0 Å². The molecule has 0 aromatic heterocycles. The first kappa shape index (κ1) is 23.8. The summed E-state index contributed by atoms with van der Waals surface area (Å²) in [6.07, 6.45) is -10.9. The van der Waals surface area contributed by atoms with Crippen molar-refractivity contribution >= 4 is 0 Å².